The molecule has 0 radical (unpaired) electrons. The SMILES string of the molecule is CC1CC2=C(CCC=C2)CN1C. The Hall–Kier alpha value is -0.560. The molecule has 0 saturated heterocycles. The molecule has 1 heterocycles. The van der Waals surface area contributed by atoms with Crippen LogP contribution >= 0.6 is 0 Å². The lowest BCUT2D eigenvalue weighted by Gasteiger charge is -2.34. The van der Waals surface area contributed by atoms with Gasteiger partial charge in [-0.15, -0.1) is 0 Å². The Morgan fingerprint density at radius 3 is 3.17 bits per heavy atom. The van der Waals surface area contributed by atoms with E-state index in [-0.39, 0.29) is 0 Å². The van der Waals surface area contributed by atoms with E-state index in [9.17, 15) is 0 Å². The van der Waals surface area contributed by atoms with Crippen LogP contribution in [0, 0.1) is 0 Å². The van der Waals surface area contributed by atoms with Crippen molar-refractivity contribution in [1.29, 1.82) is 0 Å². The van der Waals surface area contributed by atoms with Crippen molar-refractivity contribution in [1.82, 2.24) is 4.90 Å². The second-order valence-electron chi connectivity index (χ2n) is 4.04. The third-order valence-corrected chi connectivity index (χ3v) is 3.09. The fourth-order valence-electron chi connectivity index (χ4n) is 2.09. The van der Waals surface area contributed by atoms with Gasteiger partial charge in [-0.3, -0.25) is 4.90 Å². The smallest absolute Gasteiger partial charge is 0.0198 e. The van der Waals surface area contributed by atoms with Gasteiger partial charge in [-0.05, 0) is 38.8 Å². The van der Waals surface area contributed by atoms with Gasteiger partial charge in [0.2, 0.25) is 0 Å². The minimum Gasteiger partial charge on any atom is -0.299 e. The molecule has 1 nitrogen and oxygen atoms in total. The maximum absolute atomic E-state index is 2.46. The van der Waals surface area contributed by atoms with E-state index in [1.165, 1.54) is 25.8 Å². The van der Waals surface area contributed by atoms with E-state index < -0.39 is 0 Å². The zero-order chi connectivity index (χ0) is 8.55. The molecule has 0 aromatic rings. The van der Waals surface area contributed by atoms with Crippen molar-refractivity contribution in [3.8, 4) is 0 Å². The molecule has 0 fully saturated rings. The molecule has 0 aromatic heterocycles. The highest BCUT2D eigenvalue weighted by atomic mass is 15.1. The van der Waals surface area contributed by atoms with E-state index in [1.54, 1.807) is 11.1 Å². The third-order valence-electron chi connectivity index (χ3n) is 3.09. The lowest BCUT2D eigenvalue weighted by Crippen LogP contribution is -2.35. The Labute approximate surface area is 74.8 Å². The molecule has 66 valence electrons. The van der Waals surface area contributed by atoms with E-state index in [1.807, 2.05) is 0 Å². The van der Waals surface area contributed by atoms with E-state index in [4.69, 9.17) is 0 Å². The van der Waals surface area contributed by atoms with Crippen molar-refractivity contribution >= 4 is 0 Å². The lowest BCUT2D eigenvalue weighted by atomic mass is 9.89. The summed E-state index contributed by atoms with van der Waals surface area (Å²) in [4.78, 5) is 2.46. The highest BCUT2D eigenvalue weighted by Crippen LogP contribution is 2.28. The Bertz CT molecular complexity index is 237. The zero-order valence-electron chi connectivity index (χ0n) is 8.01. The molecule has 0 amide bonds. The quantitative estimate of drug-likeness (QED) is 0.530. The summed E-state index contributed by atoms with van der Waals surface area (Å²) in [5.41, 5.74) is 3.30. The van der Waals surface area contributed by atoms with Gasteiger partial charge in [0.1, 0.15) is 0 Å². The molecule has 0 saturated carbocycles. The standard InChI is InChI=1S/C11H17N/c1-9-7-10-5-3-4-6-11(10)8-12(9)2/h3,5,9H,4,6-8H2,1-2H3. The fourth-order valence-corrected chi connectivity index (χ4v) is 2.09. The summed E-state index contributed by atoms with van der Waals surface area (Å²) in [7, 11) is 2.23. The van der Waals surface area contributed by atoms with Gasteiger partial charge in [0.05, 0.1) is 0 Å². The highest BCUT2D eigenvalue weighted by Gasteiger charge is 2.21. The molecule has 1 atom stereocenters. The maximum atomic E-state index is 2.46. The van der Waals surface area contributed by atoms with Gasteiger partial charge < -0.3 is 0 Å². The van der Waals surface area contributed by atoms with Crippen LogP contribution in [0.4, 0.5) is 0 Å². The van der Waals surface area contributed by atoms with Crippen LogP contribution < -0.4 is 0 Å². The number of hydrogen-bond donors (Lipinski definition) is 0. The Balaban J connectivity index is 2.21. The molecule has 2 rings (SSSR count). The minimum atomic E-state index is 0.728. The van der Waals surface area contributed by atoms with E-state index >= 15 is 0 Å². The summed E-state index contributed by atoms with van der Waals surface area (Å²) in [5, 5.41) is 0. The van der Waals surface area contributed by atoms with Gasteiger partial charge in [0, 0.05) is 12.6 Å². The van der Waals surface area contributed by atoms with Gasteiger partial charge >= 0.3 is 0 Å². The van der Waals surface area contributed by atoms with E-state index in [0.29, 0.717) is 0 Å². The highest BCUT2D eigenvalue weighted by molar-refractivity contribution is 5.33. The molecule has 0 N–H and O–H groups in total. The van der Waals surface area contributed by atoms with Crippen molar-refractivity contribution in [2.24, 2.45) is 0 Å². The predicted molar refractivity (Wildman–Crippen MR) is 52.1 cm³/mol. The van der Waals surface area contributed by atoms with E-state index in [0.717, 1.165) is 6.04 Å². The Morgan fingerprint density at radius 2 is 2.33 bits per heavy atom. The van der Waals surface area contributed by atoms with Crippen molar-refractivity contribution in [2.75, 3.05) is 13.6 Å². The van der Waals surface area contributed by atoms with Crippen molar-refractivity contribution in [3.63, 3.8) is 0 Å². The van der Waals surface area contributed by atoms with Crippen LogP contribution in [0.2, 0.25) is 0 Å². The van der Waals surface area contributed by atoms with Crippen LogP contribution in [0.25, 0.3) is 0 Å². The first-order valence-electron chi connectivity index (χ1n) is 4.85. The molecule has 1 unspecified atom stereocenters. The van der Waals surface area contributed by atoms with Gasteiger partial charge in [-0.1, -0.05) is 17.7 Å². The first kappa shape index (κ1) is 8.06. The van der Waals surface area contributed by atoms with Crippen LogP contribution in [0.5, 0.6) is 0 Å². The molecule has 1 heteroatoms. The molecule has 1 aliphatic heterocycles. The average molecular weight is 163 g/mol. The second-order valence-corrected chi connectivity index (χ2v) is 4.04. The summed E-state index contributed by atoms with van der Waals surface area (Å²) in [5.74, 6) is 0. The van der Waals surface area contributed by atoms with Crippen LogP contribution in [-0.2, 0) is 0 Å². The monoisotopic (exact) mass is 163 g/mol. The van der Waals surface area contributed by atoms with Crippen LogP contribution in [0.1, 0.15) is 26.2 Å². The van der Waals surface area contributed by atoms with Crippen molar-refractivity contribution in [2.45, 2.75) is 32.2 Å². The first-order valence-corrected chi connectivity index (χ1v) is 4.85. The van der Waals surface area contributed by atoms with Crippen molar-refractivity contribution < 1.29 is 0 Å². The molecule has 0 bridgehead atoms. The van der Waals surface area contributed by atoms with Crippen LogP contribution in [0.3, 0.4) is 0 Å². The summed E-state index contributed by atoms with van der Waals surface area (Å²) in [6.45, 7) is 3.51. The normalized spacial score (nSPS) is 30.7. The number of likely N-dealkylation sites (N-methyl/N-ethyl adjacent to an activating group) is 1. The van der Waals surface area contributed by atoms with Crippen LogP contribution in [-0.4, -0.2) is 24.5 Å². The Morgan fingerprint density at radius 1 is 1.50 bits per heavy atom. The topological polar surface area (TPSA) is 3.24 Å². The van der Waals surface area contributed by atoms with Crippen molar-refractivity contribution in [3.05, 3.63) is 23.3 Å². The molecule has 1 aliphatic carbocycles. The average Bonchev–Trinajstić information content (AvgIpc) is 2.07. The molecule has 0 spiro atoms. The number of rotatable bonds is 0. The van der Waals surface area contributed by atoms with E-state index in [2.05, 4.69) is 31.0 Å². The molecular weight excluding hydrogens is 146 g/mol. The summed E-state index contributed by atoms with van der Waals surface area (Å²) >= 11 is 0. The molecule has 12 heavy (non-hydrogen) atoms. The predicted octanol–water partition coefficient (Wildman–Crippen LogP) is 2.36. The minimum absolute atomic E-state index is 0.728. The lowest BCUT2D eigenvalue weighted by molar-refractivity contribution is 0.258. The molecule has 0 aromatic carbocycles. The van der Waals surface area contributed by atoms with Gasteiger partial charge in [0.25, 0.3) is 0 Å². The summed E-state index contributed by atoms with van der Waals surface area (Å²) in [6, 6.07) is 0.728. The maximum Gasteiger partial charge on any atom is 0.0198 e. The van der Waals surface area contributed by atoms with Gasteiger partial charge in [-0.2, -0.15) is 0 Å². The number of nitrogens with zero attached hydrogens (tertiary/aromatic N) is 1. The molecule has 2 aliphatic rings. The number of allylic oxidation sites excluding steroid dienone is 2. The largest absolute Gasteiger partial charge is 0.299 e. The third kappa shape index (κ3) is 1.34. The summed E-state index contributed by atoms with van der Waals surface area (Å²) in [6.07, 6.45) is 8.45. The van der Waals surface area contributed by atoms with Gasteiger partial charge in [-0.25, -0.2) is 0 Å². The number of hydrogen-bond acceptors (Lipinski definition) is 1. The first-order chi connectivity index (χ1) is 5.77. The fraction of sp³-hybridized carbons (Fsp3) is 0.636. The second kappa shape index (κ2) is 3.06. The zero-order valence-corrected chi connectivity index (χ0v) is 8.01. The Kier molecular flexibility index (Phi) is 2.05. The van der Waals surface area contributed by atoms with Gasteiger partial charge in [0.15, 0.2) is 0 Å². The summed E-state index contributed by atoms with van der Waals surface area (Å²) < 4.78 is 0. The molecular formula is C11H17N. The van der Waals surface area contributed by atoms with Crippen LogP contribution in [0.15, 0.2) is 23.3 Å².